The van der Waals surface area contributed by atoms with Crippen molar-refractivity contribution >= 4 is 23.4 Å². The van der Waals surface area contributed by atoms with Gasteiger partial charge in [0.2, 0.25) is 11.8 Å². The van der Waals surface area contributed by atoms with Crippen molar-refractivity contribution in [2.24, 2.45) is 0 Å². The molecule has 3 rings (SSSR count). The molecule has 0 aliphatic rings. The van der Waals surface area contributed by atoms with Gasteiger partial charge in [0, 0.05) is 30.4 Å². The zero-order valence-corrected chi connectivity index (χ0v) is 12.8. The van der Waals surface area contributed by atoms with Crippen molar-refractivity contribution in [2.75, 3.05) is 10.6 Å². The fraction of sp³-hybridized carbons (Fsp3) is 0.0588. The summed E-state index contributed by atoms with van der Waals surface area (Å²) in [6, 6.07) is 13.6. The van der Waals surface area contributed by atoms with E-state index in [9.17, 15) is 9.59 Å². The lowest BCUT2D eigenvalue weighted by molar-refractivity contribution is -0.114. The lowest BCUT2D eigenvalue weighted by Crippen LogP contribution is -2.11. The predicted molar refractivity (Wildman–Crippen MR) is 88.4 cm³/mol. The van der Waals surface area contributed by atoms with Gasteiger partial charge in [-0.3, -0.25) is 19.9 Å². The first kappa shape index (κ1) is 15.4. The lowest BCUT2D eigenvalue weighted by atomic mass is 10.2. The minimum Gasteiger partial charge on any atom is -0.338 e. The average molecular weight is 322 g/mol. The van der Waals surface area contributed by atoms with E-state index < -0.39 is 0 Å². The summed E-state index contributed by atoms with van der Waals surface area (Å²) < 4.78 is 5.11. The first-order chi connectivity index (χ1) is 11.6. The Balaban J connectivity index is 1.69. The summed E-state index contributed by atoms with van der Waals surface area (Å²) in [6.07, 6.45) is 1.65. The largest absolute Gasteiger partial charge is 0.338 e. The summed E-state index contributed by atoms with van der Waals surface area (Å²) in [6.45, 7) is 1.42. The highest BCUT2D eigenvalue weighted by Gasteiger charge is 2.12. The number of pyridine rings is 1. The van der Waals surface area contributed by atoms with Gasteiger partial charge in [0.25, 0.3) is 5.91 Å². The van der Waals surface area contributed by atoms with Crippen LogP contribution in [-0.4, -0.2) is 22.0 Å². The molecule has 3 aromatic rings. The van der Waals surface area contributed by atoms with Crippen LogP contribution >= 0.6 is 0 Å². The third kappa shape index (κ3) is 3.64. The third-order valence-corrected chi connectivity index (χ3v) is 3.14. The van der Waals surface area contributed by atoms with E-state index in [0.717, 1.165) is 0 Å². The highest BCUT2D eigenvalue weighted by Crippen LogP contribution is 2.20. The Hall–Kier alpha value is -3.48. The maximum atomic E-state index is 12.2. The van der Waals surface area contributed by atoms with Gasteiger partial charge in [-0.05, 0) is 36.4 Å². The van der Waals surface area contributed by atoms with Crippen molar-refractivity contribution < 1.29 is 14.1 Å². The standard InChI is InChI=1S/C17H14N4O3/c1-11(22)19-13-7-5-12(6-8-13)17(23)20-16-10-15(21-24-16)14-4-2-3-9-18-14/h2-10H,1H3,(H,19,22)(H,20,23). The van der Waals surface area contributed by atoms with Gasteiger partial charge in [0.05, 0.1) is 5.69 Å². The van der Waals surface area contributed by atoms with E-state index in [1.165, 1.54) is 6.92 Å². The average Bonchev–Trinajstić information content (AvgIpc) is 3.04. The number of hydrogen-bond acceptors (Lipinski definition) is 5. The molecule has 24 heavy (non-hydrogen) atoms. The Labute approximate surface area is 137 Å². The molecular weight excluding hydrogens is 308 g/mol. The van der Waals surface area contributed by atoms with Crippen LogP contribution in [0.1, 0.15) is 17.3 Å². The molecule has 0 saturated heterocycles. The number of anilines is 2. The number of nitrogens with zero attached hydrogens (tertiary/aromatic N) is 2. The Bertz CT molecular complexity index is 857. The Morgan fingerprint density at radius 3 is 2.46 bits per heavy atom. The number of carbonyl (C=O) groups is 2. The molecule has 0 bridgehead atoms. The van der Waals surface area contributed by atoms with Crippen molar-refractivity contribution in [3.05, 3.63) is 60.3 Å². The normalized spacial score (nSPS) is 10.2. The second-order valence-corrected chi connectivity index (χ2v) is 5.00. The van der Waals surface area contributed by atoms with Crippen LogP contribution in [0.15, 0.2) is 59.3 Å². The van der Waals surface area contributed by atoms with Gasteiger partial charge in [0.1, 0.15) is 5.69 Å². The summed E-state index contributed by atoms with van der Waals surface area (Å²) in [7, 11) is 0. The number of hydrogen-bond donors (Lipinski definition) is 2. The van der Waals surface area contributed by atoms with Crippen LogP contribution in [-0.2, 0) is 4.79 Å². The van der Waals surface area contributed by atoms with E-state index in [0.29, 0.717) is 22.6 Å². The second kappa shape index (κ2) is 6.74. The molecule has 2 heterocycles. The molecule has 0 fully saturated rings. The van der Waals surface area contributed by atoms with E-state index in [-0.39, 0.29) is 17.7 Å². The van der Waals surface area contributed by atoms with E-state index in [1.807, 2.05) is 6.07 Å². The number of benzene rings is 1. The molecule has 0 radical (unpaired) electrons. The molecule has 0 aliphatic heterocycles. The van der Waals surface area contributed by atoms with Gasteiger partial charge in [0.15, 0.2) is 0 Å². The first-order valence-corrected chi connectivity index (χ1v) is 7.19. The molecule has 1 aromatic carbocycles. The Morgan fingerprint density at radius 1 is 1.00 bits per heavy atom. The summed E-state index contributed by atoms with van der Waals surface area (Å²) >= 11 is 0. The van der Waals surface area contributed by atoms with Crippen LogP contribution in [0.2, 0.25) is 0 Å². The zero-order valence-electron chi connectivity index (χ0n) is 12.8. The fourth-order valence-corrected chi connectivity index (χ4v) is 2.06. The van der Waals surface area contributed by atoms with E-state index in [1.54, 1.807) is 48.7 Å². The molecule has 120 valence electrons. The van der Waals surface area contributed by atoms with E-state index >= 15 is 0 Å². The molecule has 7 nitrogen and oxygen atoms in total. The predicted octanol–water partition coefficient (Wildman–Crippen LogP) is 2.95. The summed E-state index contributed by atoms with van der Waals surface area (Å²) in [4.78, 5) is 27.3. The van der Waals surface area contributed by atoms with Crippen LogP contribution in [0, 0.1) is 0 Å². The van der Waals surface area contributed by atoms with Crippen molar-refractivity contribution in [3.63, 3.8) is 0 Å². The smallest absolute Gasteiger partial charge is 0.258 e. The van der Waals surface area contributed by atoms with Crippen LogP contribution < -0.4 is 10.6 Å². The molecule has 2 N–H and O–H groups in total. The van der Waals surface area contributed by atoms with E-state index in [2.05, 4.69) is 20.8 Å². The molecule has 0 spiro atoms. The van der Waals surface area contributed by atoms with Crippen LogP contribution in [0.5, 0.6) is 0 Å². The molecule has 0 atom stereocenters. The Kier molecular flexibility index (Phi) is 4.33. The van der Waals surface area contributed by atoms with E-state index in [4.69, 9.17) is 4.52 Å². The van der Waals surface area contributed by atoms with Crippen LogP contribution in [0.25, 0.3) is 11.4 Å². The highest BCUT2D eigenvalue weighted by atomic mass is 16.5. The zero-order chi connectivity index (χ0) is 16.9. The number of aromatic nitrogens is 2. The SMILES string of the molecule is CC(=O)Nc1ccc(C(=O)Nc2cc(-c3ccccn3)no2)cc1. The van der Waals surface area contributed by atoms with Gasteiger partial charge in [-0.15, -0.1) is 0 Å². The van der Waals surface area contributed by atoms with Crippen molar-refractivity contribution in [1.29, 1.82) is 0 Å². The maximum absolute atomic E-state index is 12.2. The topological polar surface area (TPSA) is 97.1 Å². The number of carbonyl (C=O) groups excluding carboxylic acids is 2. The van der Waals surface area contributed by atoms with Crippen LogP contribution in [0.3, 0.4) is 0 Å². The number of rotatable bonds is 4. The molecule has 2 aromatic heterocycles. The van der Waals surface area contributed by atoms with Gasteiger partial charge in [-0.1, -0.05) is 11.2 Å². The van der Waals surface area contributed by atoms with Gasteiger partial charge in [-0.25, -0.2) is 0 Å². The lowest BCUT2D eigenvalue weighted by Gasteiger charge is -2.04. The second-order valence-electron chi connectivity index (χ2n) is 5.00. The molecule has 0 unspecified atom stereocenters. The quantitative estimate of drug-likeness (QED) is 0.769. The minimum absolute atomic E-state index is 0.170. The van der Waals surface area contributed by atoms with Gasteiger partial charge < -0.3 is 9.84 Å². The van der Waals surface area contributed by atoms with Crippen molar-refractivity contribution in [2.45, 2.75) is 6.92 Å². The number of nitrogens with one attached hydrogen (secondary N) is 2. The minimum atomic E-state index is -0.340. The maximum Gasteiger partial charge on any atom is 0.258 e. The molecule has 0 aliphatic carbocycles. The fourth-order valence-electron chi connectivity index (χ4n) is 2.06. The molecular formula is C17H14N4O3. The summed E-state index contributed by atoms with van der Waals surface area (Å²) in [5.41, 5.74) is 2.24. The highest BCUT2D eigenvalue weighted by molar-refractivity contribution is 6.04. The molecule has 0 saturated carbocycles. The van der Waals surface area contributed by atoms with Crippen molar-refractivity contribution in [1.82, 2.24) is 10.1 Å². The van der Waals surface area contributed by atoms with Gasteiger partial charge >= 0.3 is 0 Å². The Morgan fingerprint density at radius 2 is 1.79 bits per heavy atom. The third-order valence-electron chi connectivity index (χ3n) is 3.14. The molecule has 2 amide bonds. The van der Waals surface area contributed by atoms with Crippen LogP contribution in [0.4, 0.5) is 11.6 Å². The monoisotopic (exact) mass is 322 g/mol. The molecule has 7 heteroatoms. The summed E-state index contributed by atoms with van der Waals surface area (Å²) in [5, 5.41) is 9.14. The van der Waals surface area contributed by atoms with Gasteiger partial charge in [-0.2, -0.15) is 0 Å². The summed E-state index contributed by atoms with van der Waals surface area (Å²) in [5.74, 6) is -0.282. The number of amides is 2. The first-order valence-electron chi connectivity index (χ1n) is 7.19. The van der Waals surface area contributed by atoms with Crippen molar-refractivity contribution in [3.8, 4) is 11.4 Å².